The Labute approximate surface area is 120 Å². The third-order valence-electron chi connectivity index (χ3n) is 3.29. The van der Waals surface area contributed by atoms with Crippen LogP contribution in [0.1, 0.15) is 22.2 Å². The van der Waals surface area contributed by atoms with Crippen molar-refractivity contribution in [3.8, 4) is 5.75 Å². The molecule has 1 aromatic heterocycles. The molecule has 2 N–H and O–H groups in total. The van der Waals surface area contributed by atoms with Crippen molar-refractivity contribution in [2.75, 3.05) is 7.11 Å². The fourth-order valence-corrected chi connectivity index (χ4v) is 4.55. The molecular formula is C13H15N3OS2. The van der Waals surface area contributed by atoms with Crippen LogP contribution >= 0.6 is 23.1 Å². The summed E-state index contributed by atoms with van der Waals surface area (Å²) in [5.41, 5.74) is 8.85. The molecule has 19 heavy (non-hydrogen) atoms. The van der Waals surface area contributed by atoms with Gasteiger partial charge >= 0.3 is 0 Å². The molecule has 2 aromatic rings. The molecule has 3 rings (SSSR count). The number of aromatic nitrogens is 2. The molecule has 2 atom stereocenters. The fraction of sp³-hybridized carbons (Fsp3) is 0.385. The van der Waals surface area contributed by atoms with Gasteiger partial charge in [-0.05, 0) is 36.6 Å². The highest BCUT2D eigenvalue weighted by atomic mass is 32.2. The zero-order chi connectivity index (χ0) is 13.4. The van der Waals surface area contributed by atoms with E-state index in [0.29, 0.717) is 5.25 Å². The molecule has 1 heterocycles. The lowest BCUT2D eigenvalue weighted by atomic mass is 10.1. The molecular weight excluding hydrogens is 278 g/mol. The van der Waals surface area contributed by atoms with Gasteiger partial charge in [-0.1, -0.05) is 29.2 Å². The first-order valence-corrected chi connectivity index (χ1v) is 7.76. The SMILES string of the molecule is COc1ccc2c(c1)C(N)C(Sc1nnc(C)s1)C2. The standard InChI is InChI=1S/C13H15N3OS2/c1-7-15-16-13(18-7)19-11-5-8-3-4-9(17-2)6-10(8)12(11)14/h3-4,6,11-12H,5,14H2,1-2H3. The summed E-state index contributed by atoms with van der Waals surface area (Å²) in [5.74, 6) is 0.867. The van der Waals surface area contributed by atoms with Crippen LogP contribution in [0.2, 0.25) is 0 Å². The summed E-state index contributed by atoms with van der Waals surface area (Å²) in [6.45, 7) is 1.97. The highest BCUT2D eigenvalue weighted by molar-refractivity contribution is 8.01. The van der Waals surface area contributed by atoms with Gasteiger partial charge in [0, 0.05) is 11.3 Å². The molecule has 0 radical (unpaired) electrons. The molecule has 4 nitrogen and oxygen atoms in total. The predicted molar refractivity (Wildman–Crippen MR) is 77.9 cm³/mol. The van der Waals surface area contributed by atoms with Crippen LogP contribution in [0.5, 0.6) is 5.75 Å². The number of ether oxygens (including phenoxy) is 1. The molecule has 1 aliphatic carbocycles. The minimum atomic E-state index is 0.0271. The zero-order valence-corrected chi connectivity index (χ0v) is 12.4. The molecule has 100 valence electrons. The van der Waals surface area contributed by atoms with Gasteiger partial charge in [-0.15, -0.1) is 10.2 Å². The molecule has 6 heteroatoms. The summed E-state index contributed by atoms with van der Waals surface area (Å²) < 4.78 is 6.26. The van der Waals surface area contributed by atoms with E-state index < -0.39 is 0 Å². The summed E-state index contributed by atoms with van der Waals surface area (Å²) >= 11 is 3.35. The Kier molecular flexibility index (Phi) is 3.47. The average molecular weight is 293 g/mol. The summed E-state index contributed by atoms with van der Waals surface area (Å²) in [7, 11) is 1.68. The van der Waals surface area contributed by atoms with E-state index >= 15 is 0 Å². The van der Waals surface area contributed by atoms with Crippen molar-refractivity contribution in [1.82, 2.24) is 10.2 Å². The van der Waals surface area contributed by atoms with Crippen molar-refractivity contribution >= 4 is 23.1 Å². The Hall–Kier alpha value is -1.11. The number of aryl methyl sites for hydroxylation is 1. The van der Waals surface area contributed by atoms with Crippen LogP contribution in [0.3, 0.4) is 0 Å². The van der Waals surface area contributed by atoms with Crippen LogP contribution in [0.4, 0.5) is 0 Å². The van der Waals surface area contributed by atoms with Crippen LogP contribution in [0.15, 0.2) is 22.5 Å². The lowest BCUT2D eigenvalue weighted by Crippen LogP contribution is -2.18. The third-order valence-corrected chi connectivity index (χ3v) is 5.51. The summed E-state index contributed by atoms with van der Waals surface area (Å²) in [5, 5.41) is 9.53. The number of methoxy groups -OCH3 is 1. The Morgan fingerprint density at radius 2 is 2.26 bits per heavy atom. The smallest absolute Gasteiger partial charge is 0.174 e. The van der Waals surface area contributed by atoms with Crippen LogP contribution < -0.4 is 10.5 Å². The topological polar surface area (TPSA) is 61.0 Å². The Balaban J connectivity index is 1.80. The average Bonchev–Trinajstić information content (AvgIpc) is 2.95. The molecule has 0 saturated heterocycles. The molecule has 0 spiro atoms. The lowest BCUT2D eigenvalue weighted by Gasteiger charge is -2.13. The molecule has 2 unspecified atom stereocenters. The monoisotopic (exact) mass is 293 g/mol. The highest BCUT2D eigenvalue weighted by Gasteiger charge is 2.31. The number of hydrogen-bond donors (Lipinski definition) is 1. The van der Waals surface area contributed by atoms with Crippen molar-refractivity contribution in [3.05, 3.63) is 34.3 Å². The number of hydrogen-bond acceptors (Lipinski definition) is 6. The second-order valence-corrected chi connectivity index (χ2v) is 7.21. The largest absolute Gasteiger partial charge is 0.497 e. The van der Waals surface area contributed by atoms with Gasteiger partial charge in [0.05, 0.1) is 7.11 Å². The molecule has 0 aliphatic heterocycles. The molecule has 0 bridgehead atoms. The molecule has 0 amide bonds. The number of nitrogens with zero attached hydrogens (tertiary/aromatic N) is 2. The maximum absolute atomic E-state index is 6.35. The van der Waals surface area contributed by atoms with Crippen LogP contribution in [0.25, 0.3) is 0 Å². The minimum absolute atomic E-state index is 0.0271. The van der Waals surface area contributed by atoms with Crippen molar-refractivity contribution in [2.24, 2.45) is 5.73 Å². The van der Waals surface area contributed by atoms with Gasteiger partial charge in [0.25, 0.3) is 0 Å². The maximum atomic E-state index is 6.35. The Morgan fingerprint density at radius 1 is 1.42 bits per heavy atom. The second-order valence-electron chi connectivity index (χ2n) is 4.54. The Bertz CT molecular complexity index is 599. The van der Waals surface area contributed by atoms with E-state index in [0.717, 1.165) is 21.5 Å². The molecule has 1 aliphatic rings. The van der Waals surface area contributed by atoms with Crippen LogP contribution in [-0.4, -0.2) is 22.6 Å². The molecule has 0 saturated carbocycles. The maximum Gasteiger partial charge on any atom is 0.174 e. The first kappa shape index (κ1) is 12.9. The van der Waals surface area contributed by atoms with E-state index in [-0.39, 0.29) is 6.04 Å². The van der Waals surface area contributed by atoms with E-state index in [1.807, 2.05) is 19.1 Å². The van der Waals surface area contributed by atoms with Crippen LogP contribution in [0, 0.1) is 6.92 Å². The van der Waals surface area contributed by atoms with Crippen molar-refractivity contribution in [1.29, 1.82) is 0 Å². The summed E-state index contributed by atoms with van der Waals surface area (Å²) in [6, 6.07) is 6.18. The van der Waals surface area contributed by atoms with Gasteiger partial charge in [0.2, 0.25) is 0 Å². The summed E-state index contributed by atoms with van der Waals surface area (Å²) in [4.78, 5) is 0. The third kappa shape index (κ3) is 2.48. The van der Waals surface area contributed by atoms with Gasteiger partial charge in [0.15, 0.2) is 4.34 Å². The van der Waals surface area contributed by atoms with E-state index in [1.165, 1.54) is 11.1 Å². The Morgan fingerprint density at radius 3 is 2.95 bits per heavy atom. The molecule has 0 fully saturated rings. The lowest BCUT2D eigenvalue weighted by molar-refractivity contribution is 0.414. The fourth-order valence-electron chi connectivity index (χ4n) is 2.31. The van der Waals surface area contributed by atoms with E-state index in [1.54, 1.807) is 30.2 Å². The number of benzene rings is 1. The van der Waals surface area contributed by atoms with Gasteiger partial charge in [-0.2, -0.15) is 0 Å². The van der Waals surface area contributed by atoms with E-state index in [2.05, 4.69) is 16.3 Å². The van der Waals surface area contributed by atoms with Gasteiger partial charge in [-0.25, -0.2) is 0 Å². The van der Waals surface area contributed by atoms with Crippen molar-refractivity contribution < 1.29 is 4.74 Å². The normalized spacial score (nSPS) is 21.4. The van der Waals surface area contributed by atoms with Crippen molar-refractivity contribution in [2.45, 2.75) is 29.0 Å². The van der Waals surface area contributed by atoms with Gasteiger partial charge < -0.3 is 10.5 Å². The highest BCUT2D eigenvalue weighted by Crippen LogP contribution is 2.41. The number of nitrogens with two attached hydrogens (primary N) is 1. The van der Waals surface area contributed by atoms with Gasteiger partial charge in [-0.3, -0.25) is 0 Å². The molecule has 1 aromatic carbocycles. The number of fused-ring (bicyclic) bond motifs is 1. The minimum Gasteiger partial charge on any atom is -0.497 e. The first-order valence-electron chi connectivity index (χ1n) is 6.06. The summed E-state index contributed by atoms with van der Waals surface area (Å²) in [6.07, 6.45) is 0.976. The van der Waals surface area contributed by atoms with E-state index in [4.69, 9.17) is 10.5 Å². The van der Waals surface area contributed by atoms with Crippen LogP contribution in [-0.2, 0) is 6.42 Å². The second kappa shape index (κ2) is 5.11. The quantitative estimate of drug-likeness (QED) is 0.942. The number of thioether (sulfide) groups is 1. The van der Waals surface area contributed by atoms with Gasteiger partial charge in [0.1, 0.15) is 10.8 Å². The number of rotatable bonds is 3. The zero-order valence-electron chi connectivity index (χ0n) is 10.8. The van der Waals surface area contributed by atoms with E-state index in [9.17, 15) is 0 Å². The van der Waals surface area contributed by atoms with Crippen molar-refractivity contribution in [3.63, 3.8) is 0 Å². The predicted octanol–water partition coefficient (Wildman–Crippen LogP) is 2.57. The first-order chi connectivity index (χ1) is 9.17.